The topological polar surface area (TPSA) is 68.3 Å². The molecule has 1 heterocycles. The van der Waals surface area contributed by atoms with E-state index in [4.69, 9.17) is 4.74 Å². The Labute approximate surface area is 136 Å². The molecule has 0 radical (unpaired) electrons. The summed E-state index contributed by atoms with van der Waals surface area (Å²) in [4.78, 5) is 4.14. The van der Waals surface area contributed by atoms with Crippen molar-refractivity contribution in [1.82, 2.24) is 9.71 Å². The molecule has 2 aromatic rings. The number of rotatable bonds is 5. The summed E-state index contributed by atoms with van der Waals surface area (Å²) < 4.78 is 32.5. The van der Waals surface area contributed by atoms with E-state index in [1.807, 2.05) is 30.3 Å². The van der Waals surface area contributed by atoms with Crippen molar-refractivity contribution in [2.75, 3.05) is 0 Å². The minimum absolute atomic E-state index is 0.0810. The van der Waals surface area contributed by atoms with Crippen molar-refractivity contribution in [1.29, 1.82) is 0 Å². The normalized spacial score (nSPS) is 17.3. The highest BCUT2D eigenvalue weighted by Gasteiger charge is 2.27. The van der Waals surface area contributed by atoms with Gasteiger partial charge in [0.1, 0.15) is 5.75 Å². The van der Waals surface area contributed by atoms with Crippen molar-refractivity contribution in [2.24, 2.45) is 0 Å². The minimum Gasteiger partial charge on any atom is -0.439 e. The summed E-state index contributed by atoms with van der Waals surface area (Å²) in [5.41, 5.74) is 2.28. The average molecular weight is 332 g/mol. The highest BCUT2D eigenvalue weighted by molar-refractivity contribution is 7.90. The number of sulfonamides is 1. The van der Waals surface area contributed by atoms with Gasteiger partial charge in [0.05, 0.1) is 5.25 Å². The summed E-state index contributed by atoms with van der Waals surface area (Å²) in [6.45, 7) is 3.37. The number of nitrogens with one attached hydrogen (secondary N) is 1. The molecular weight excluding hydrogens is 312 g/mol. The molecule has 6 heteroatoms. The summed E-state index contributed by atoms with van der Waals surface area (Å²) in [7, 11) is -3.25. The van der Waals surface area contributed by atoms with E-state index in [2.05, 4.69) is 9.71 Å². The van der Waals surface area contributed by atoms with E-state index < -0.39 is 15.3 Å². The van der Waals surface area contributed by atoms with Gasteiger partial charge in [-0.15, -0.1) is 0 Å². The molecule has 0 aliphatic heterocycles. The van der Waals surface area contributed by atoms with E-state index >= 15 is 0 Å². The average Bonchev–Trinajstić information content (AvgIpc) is 2.88. The predicted octanol–water partition coefficient (Wildman–Crippen LogP) is 2.67. The highest BCUT2D eigenvalue weighted by atomic mass is 32.2. The van der Waals surface area contributed by atoms with Crippen molar-refractivity contribution >= 4 is 10.0 Å². The lowest BCUT2D eigenvalue weighted by atomic mass is 10.1. The van der Waals surface area contributed by atoms with Gasteiger partial charge in [0.2, 0.25) is 15.9 Å². The molecule has 0 saturated carbocycles. The second-order valence-electron chi connectivity index (χ2n) is 6.02. The molecular formula is C17H20N2O3S. The van der Waals surface area contributed by atoms with Crippen LogP contribution in [0.25, 0.3) is 0 Å². The Kier molecular flexibility index (Phi) is 4.37. The van der Waals surface area contributed by atoms with Crippen LogP contribution >= 0.6 is 0 Å². The Morgan fingerprint density at radius 3 is 2.65 bits per heavy atom. The molecule has 1 aromatic carbocycles. The molecule has 3 rings (SSSR count). The summed E-state index contributed by atoms with van der Waals surface area (Å²) in [5.74, 6) is 1.26. The first-order chi connectivity index (χ1) is 10.9. The molecule has 1 atom stereocenters. The summed E-state index contributed by atoms with van der Waals surface area (Å²) in [5, 5.41) is -0.422. The van der Waals surface area contributed by atoms with E-state index in [9.17, 15) is 8.42 Å². The monoisotopic (exact) mass is 332 g/mol. The molecule has 1 aliphatic rings. The van der Waals surface area contributed by atoms with Crippen LogP contribution in [0.15, 0.2) is 42.6 Å². The summed E-state index contributed by atoms with van der Waals surface area (Å²) >= 11 is 0. The van der Waals surface area contributed by atoms with Crippen LogP contribution in [0.3, 0.4) is 0 Å². The largest absolute Gasteiger partial charge is 0.439 e. The fourth-order valence-electron chi connectivity index (χ4n) is 2.64. The smallest absolute Gasteiger partial charge is 0.219 e. The second kappa shape index (κ2) is 6.29. The van der Waals surface area contributed by atoms with Crippen LogP contribution in [-0.2, 0) is 22.9 Å². The van der Waals surface area contributed by atoms with E-state index in [0.29, 0.717) is 18.7 Å². The fraction of sp³-hybridized carbons (Fsp3) is 0.353. The van der Waals surface area contributed by atoms with Gasteiger partial charge in [0.25, 0.3) is 0 Å². The van der Waals surface area contributed by atoms with E-state index in [1.165, 1.54) is 0 Å². The highest BCUT2D eigenvalue weighted by Crippen LogP contribution is 2.29. The first-order valence-corrected chi connectivity index (χ1v) is 9.20. The summed E-state index contributed by atoms with van der Waals surface area (Å²) in [6, 6.07) is 11.3. The van der Waals surface area contributed by atoms with Gasteiger partial charge in [0, 0.05) is 18.3 Å². The van der Waals surface area contributed by atoms with Crippen LogP contribution in [0, 0.1) is 0 Å². The van der Waals surface area contributed by atoms with Gasteiger partial charge in [-0.25, -0.2) is 18.1 Å². The Bertz CT molecular complexity index is 789. The summed E-state index contributed by atoms with van der Waals surface area (Å²) in [6.07, 6.45) is 3.07. The van der Waals surface area contributed by atoms with E-state index in [0.717, 1.165) is 16.9 Å². The quantitative estimate of drug-likeness (QED) is 0.914. The SMILES string of the molecule is CC(C)S(=O)(=O)N[C@H]1Cc2ccc(Oc3ccccn3)cc2C1. The third-order valence-corrected chi connectivity index (χ3v) is 5.83. The van der Waals surface area contributed by atoms with Crippen molar-refractivity contribution in [3.63, 3.8) is 0 Å². The number of fused-ring (bicyclic) bond motifs is 1. The van der Waals surface area contributed by atoms with Gasteiger partial charge >= 0.3 is 0 Å². The lowest BCUT2D eigenvalue weighted by molar-refractivity contribution is 0.462. The van der Waals surface area contributed by atoms with Crippen LogP contribution in [0.5, 0.6) is 11.6 Å². The maximum absolute atomic E-state index is 12.0. The van der Waals surface area contributed by atoms with Crippen molar-refractivity contribution < 1.29 is 13.2 Å². The Balaban J connectivity index is 1.71. The number of hydrogen-bond donors (Lipinski definition) is 1. The van der Waals surface area contributed by atoms with Crippen molar-refractivity contribution in [3.8, 4) is 11.6 Å². The molecule has 1 aromatic heterocycles. The Morgan fingerprint density at radius 2 is 1.96 bits per heavy atom. The van der Waals surface area contributed by atoms with Gasteiger partial charge in [-0.2, -0.15) is 0 Å². The lowest BCUT2D eigenvalue weighted by Crippen LogP contribution is -2.39. The molecule has 5 nitrogen and oxygen atoms in total. The molecule has 23 heavy (non-hydrogen) atoms. The van der Waals surface area contributed by atoms with Gasteiger partial charge in [0.15, 0.2) is 0 Å². The standard InChI is InChI=1S/C17H20N2O3S/c1-12(2)23(20,21)19-15-9-13-6-7-16(11-14(13)10-15)22-17-5-3-4-8-18-17/h3-8,11-12,15,19H,9-10H2,1-2H3/t15-/m0/s1. The molecule has 0 amide bonds. The van der Waals surface area contributed by atoms with E-state index in [1.54, 1.807) is 26.1 Å². The second-order valence-corrected chi connectivity index (χ2v) is 8.29. The third-order valence-electron chi connectivity index (χ3n) is 3.92. The maximum atomic E-state index is 12.0. The molecule has 0 spiro atoms. The predicted molar refractivity (Wildman–Crippen MR) is 89.1 cm³/mol. The molecule has 0 unspecified atom stereocenters. The van der Waals surface area contributed by atoms with Crippen LogP contribution < -0.4 is 9.46 Å². The lowest BCUT2D eigenvalue weighted by Gasteiger charge is -2.14. The van der Waals surface area contributed by atoms with Crippen LogP contribution in [-0.4, -0.2) is 24.7 Å². The fourth-order valence-corrected chi connectivity index (χ4v) is 3.54. The zero-order valence-electron chi connectivity index (χ0n) is 13.2. The number of pyridine rings is 1. The number of benzene rings is 1. The van der Waals surface area contributed by atoms with Gasteiger partial charge < -0.3 is 4.74 Å². The number of aromatic nitrogens is 1. The maximum Gasteiger partial charge on any atom is 0.219 e. The molecule has 0 saturated heterocycles. The zero-order chi connectivity index (χ0) is 16.4. The molecule has 0 bridgehead atoms. The molecule has 1 N–H and O–H groups in total. The minimum atomic E-state index is -3.25. The Hall–Kier alpha value is -1.92. The first kappa shape index (κ1) is 16.0. The first-order valence-electron chi connectivity index (χ1n) is 7.66. The number of nitrogens with zero attached hydrogens (tertiary/aromatic N) is 1. The molecule has 122 valence electrons. The van der Waals surface area contributed by atoms with Crippen LogP contribution in [0.1, 0.15) is 25.0 Å². The van der Waals surface area contributed by atoms with Gasteiger partial charge in [-0.05, 0) is 56.0 Å². The number of ether oxygens (including phenoxy) is 1. The molecule has 1 aliphatic carbocycles. The van der Waals surface area contributed by atoms with E-state index in [-0.39, 0.29) is 6.04 Å². The Morgan fingerprint density at radius 1 is 1.17 bits per heavy atom. The third kappa shape index (κ3) is 3.71. The van der Waals surface area contributed by atoms with Gasteiger partial charge in [-0.3, -0.25) is 0 Å². The van der Waals surface area contributed by atoms with Crippen molar-refractivity contribution in [3.05, 3.63) is 53.7 Å². The van der Waals surface area contributed by atoms with Gasteiger partial charge in [-0.1, -0.05) is 12.1 Å². The molecule has 0 fully saturated rings. The number of hydrogen-bond acceptors (Lipinski definition) is 4. The van der Waals surface area contributed by atoms with Crippen LogP contribution in [0.2, 0.25) is 0 Å². The van der Waals surface area contributed by atoms with Crippen LogP contribution in [0.4, 0.5) is 0 Å². The zero-order valence-corrected chi connectivity index (χ0v) is 14.0. The van der Waals surface area contributed by atoms with Crippen molar-refractivity contribution in [2.45, 2.75) is 38.0 Å².